The maximum absolute atomic E-state index is 13.1. The summed E-state index contributed by atoms with van der Waals surface area (Å²) in [5.41, 5.74) is 1.87. The van der Waals surface area contributed by atoms with Gasteiger partial charge in [0.2, 0.25) is 0 Å². The van der Waals surface area contributed by atoms with E-state index in [4.69, 9.17) is 5.11 Å². The Labute approximate surface area is 113 Å². The number of nitrogens with one attached hydrogen (secondary N) is 1. The van der Waals surface area contributed by atoms with Crippen LogP contribution in [0, 0.1) is 24.6 Å². The molecule has 106 valence electrons. The molecule has 1 aromatic rings. The molecule has 0 aliphatic carbocycles. The first-order valence-corrected chi connectivity index (χ1v) is 6.58. The van der Waals surface area contributed by atoms with Gasteiger partial charge in [0, 0.05) is 13.1 Å². The Bertz CT molecular complexity index is 432. The lowest BCUT2D eigenvalue weighted by Crippen LogP contribution is -2.29. The first-order valence-electron chi connectivity index (χ1n) is 6.58. The SMILES string of the molecule is Cc1ccc(F)cc1CNCC(CC(C)C)C(=O)O. The lowest BCUT2D eigenvalue weighted by Gasteiger charge is -2.16. The number of hydrogen-bond acceptors (Lipinski definition) is 2. The van der Waals surface area contributed by atoms with E-state index in [-0.39, 0.29) is 5.82 Å². The fourth-order valence-corrected chi connectivity index (χ4v) is 2.05. The second-order valence-electron chi connectivity index (χ2n) is 5.37. The van der Waals surface area contributed by atoms with Crippen LogP contribution in [0.4, 0.5) is 4.39 Å². The lowest BCUT2D eigenvalue weighted by molar-refractivity contribution is -0.142. The topological polar surface area (TPSA) is 49.3 Å². The van der Waals surface area contributed by atoms with Gasteiger partial charge in [-0.15, -0.1) is 0 Å². The van der Waals surface area contributed by atoms with Gasteiger partial charge in [0.25, 0.3) is 0 Å². The van der Waals surface area contributed by atoms with Crippen LogP contribution in [0.5, 0.6) is 0 Å². The minimum Gasteiger partial charge on any atom is -0.481 e. The van der Waals surface area contributed by atoms with Crippen molar-refractivity contribution in [1.82, 2.24) is 5.32 Å². The number of carboxylic acids is 1. The molecule has 1 rings (SSSR count). The van der Waals surface area contributed by atoms with Gasteiger partial charge in [-0.3, -0.25) is 4.79 Å². The van der Waals surface area contributed by atoms with Crippen LogP contribution in [0.1, 0.15) is 31.4 Å². The quantitative estimate of drug-likeness (QED) is 0.798. The summed E-state index contributed by atoms with van der Waals surface area (Å²) in [7, 11) is 0. The van der Waals surface area contributed by atoms with Crippen molar-refractivity contribution < 1.29 is 14.3 Å². The van der Waals surface area contributed by atoms with Gasteiger partial charge in [-0.05, 0) is 42.5 Å². The number of rotatable bonds is 7. The zero-order valence-corrected chi connectivity index (χ0v) is 11.7. The third-order valence-electron chi connectivity index (χ3n) is 3.12. The van der Waals surface area contributed by atoms with Crippen molar-refractivity contribution in [3.05, 3.63) is 35.1 Å². The van der Waals surface area contributed by atoms with E-state index < -0.39 is 11.9 Å². The first kappa shape index (κ1) is 15.6. The molecule has 3 nitrogen and oxygen atoms in total. The van der Waals surface area contributed by atoms with Crippen molar-refractivity contribution in [3.63, 3.8) is 0 Å². The molecular formula is C15H22FNO2. The molecule has 0 heterocycles. The largest absolute Gasteiger partial charge is 0.481 e. The van der Waals surface area contributed by atoms with Crippen LogP contribution in [0.25, 0.3) is 0 Å². The summed E-state index contributed by atoms with van der Waals surface area (Å²) in [5.74, 6) is -1.09. The predicted octanol–water partition coefficient (Wildman–Crippen LogP) is 2.97. The molecule has 0 aliphatic heterocycles. The molecule has 1 atom stereocenters. The van der Waals surface area contributed by atoms with Gasteiger partial charge in [0.1, 0.15) is 5.82 Å². The Kier molecular flexibility index (Phi) is 5.96. The van der Waals surface area contributed by atoms with Crippen LogP contribution >= 0.6 is 0 Å². The van der Waals surface area contributed by atoms with E-state index in [0.717, 1.165) is 11.1 Å². The van der Waals surface area contributed by atoms with Gasteiger partial charge in [-0.1, -0.05) is 19.9 Å². The smallest absolute Gasteiger partial charge is 0.307 e. The van der Waals surface area contributed by atoms with Crippen molar-refractivity contribution in [2.45, 2.75) is 33.7 Å². The zero-order chi connectivity index (χ0) is 14.4. The van der Waals surface area contributed by atoms with Crippen molar-refractivity contribution >= 4 is 5.97 Å². The average molecular weight is 267 g/mol. The number of carbonyl (C=O) groups is 1. The number of hydrogen-bond donors (Lipinski definition) is 2. The van der Waals surface area contributed by atoms with Gasteiger partial charge in [-0.25, -0.2) is 4.39 Å². The van der Waals surface area contributed by atoms with Crippen molar-refractivity contribution in [3.8, 4) is 0 Å². The van der Waals surface area contributed by atoms with Crippen molar-refractivity contribution in [2.75, 3.05) is 6.54 Å². The van der Waals surface area contributed by atoms with E-state index in [1.165, 1.54) is 12.1 Å². The molecule has 0 spiro atoms. The molecule has 0 amide bonds. The molecule has 0 fully saturated rings. The highest BCUT2D eigenvalue weighted by atomic mass is 19.1. The van der Waals surface area contributed by atoms with Crippen LogP contribution in [0.2, 0.25) is 0 Å². The Balaban J connectivity index is 2.52. The maximum atomic E-state index is 13.1. The van der Waals surface area contributed by atoms with Crippen LogP contribution < -0.4 is 5.32 Å². The molecule has 0 radical (unpaired) electrons. The molecule has 1 aromatic carbocycles. The van der Waals surface area contributed by atoms with Gasteiger partial charge in [-0.2, -0.15) is 0 Å². The molecular weight excluding hydrogens is 245 g/mol. The summed E-state index contributed by atoms with van der Waals surface area (Å²) in [6, 6.07) is 4.65. The van der Waals surface area contributed by atoms with Gasteiger partial charge in [0.05, 0.1) is 5.92 Å². The monoisotopic (exact) mass is 267 g/mol. The minimum absolute atomic E-state index is 0.264. The summed E-state index contributed by atoms with van der Waals surface area (Å²) in [5, 5.41) is 12.2. The number of carboxylic acid groups (broad SMARTS) is 1. The number of aryl methyl sites for hydroxylation is 1. The molecule has 0 saturated heterocycles. The minimum atomic E-state index is -0.780. The van der Waals surface area contributed by atoms with E-state index in [2.05, 4.69) is 5.32 Å². The highest BCUT2D eigenvalue weighted by Gasteiger charge is 2.18. The fraction of sp³-hybridized carbons (Fsp3) is 0.533. The number of aliphatic carboxylic acids is 1. The van der Waals surface area contributed by atoms with E-state index in [9.17, 15) is 9.18 Å². The average Bonchev–Trinajstić information content (AvgIpc) is 2.31. The molecule has 19 heavy (non-hydrogen) atoms. The van der Waals surface area contributed by atoms with Crippen LogP contribution in [-0.4, -0.2) is 17.6 Å². The van der Waals surface area contributed by atoms with E-state index in [1.807, 2.05) is 20.8 Å². The summed E-state index contributed by atoms with van der Waals surface area (Å²) >= 11 is 0. The second-order valence-corrected chi connectivity index (χ2v) is 5.37. The maximum Gasteiger partial charge on any atom is 0.307 e. The highest BCUT2D eigenvalue weighted by Crippen LogP contribution is 2.13. The predicted molar refractivity (Wildman–Crippen MR) is 73.4 cm³/mol. The molecule has 4 heteroatoms. The van der Waals surface area contributed by atoms with E-state index in [0.29, 0.717) is 25.4 Å². The zero-order valence-electron chi connectivity index (χ0n) is 11.7. The summed E-state index contributed by atoms with van der Waals surface area (Å²) < 4.78 is 13.1. The normalized spacial score (nSPS) is 12.7. The number of benzene rings is 1. The van der Waals surface area contributed by atoms with Crippen molar-refractivity contribution in [2.24, 2.45) is 11.8 Å². The Hall–Kier alpha value is -1.42. The summed E-state index contributed by atoms with van der Waals surface area (Å²) in [6.07, 6.45) is 0.643. The Morgan fingerprint density at radius 1 is 1.42 bits per heavy atom. The molecule has 0 saturated carbocycles. The lowest BCUT2D eigenvalue weighted by atomic mass is 9.97. The second kappa shape index (κ2) is 7.24. The van der Waals surface area contributed by atoms with Crippen LogP contribution in [0.15, 0.2) is 18.2 Å². The first-order chi connectivity index (χ1) is 8.90. The third-order valence-corrected chi connectivity index (χ3v) is 3.12. The van der Waals surface area contributed by atoms with Gasteiger partial charge >= 0.3 is 5.97 Å². The van der Waals surface area contributed by atoms with E-state index >= 15 is 0 Å². The molecule has 2 N–H and O–H groups in total. The fourth-order valence-electron chi connectivity index (χ4n) is 2.05. The van der Waals surface area contributed by atoms with Crippen LogP contribution in [-0.2, 0) is 11.3 Å². The standard InChI is InChI=1S/C15H22FNO2/c1-10(2)6-13(15(18)19)9-17-8-12-7-14(16)5-4-11(12)3/h4-5,7,10,13,17H,6,8-9H2,1-3H3,(H,18,19). The molecule has 0 aliphatic rings. The van der Waals surface area contributed by atoms with Gasteiger partial charge in [0.15, 0.2) is 0 Å². The van der Waals surface area contributed by atoms with Gasteiger partial charge < -0.3 is 10.4 Å². The molecule has 0 bridgehead atoms. The Morgan fingerprint density at radius 2 is 2.11 bits per heavy atom. The Morgan fingerprint density at radius 3 is 2.68 bits per heavy atom. The van der Waals surface area contributed by atoms with Crippen molar-refractivity contribution in [1.29, 1.82) is 0 Å². The third kappa shape index (κ3) is 5.39. The number of halogens is 1. The highest BCUT2D eigenvalue weighted by molar-refractivity contribution is 5.70. The molecule has 1 unspecified atom stereocenters. The van der Waals surface area contributed by atoms with Crippen LogP contribution in [0.3, 0.4) is 0 Å². The summed E-state index contributed by atoms with van der Waals surface area (Å²) in [6.45, 7) is 6.83. The van der Waals surface area contributed by atoms with E-state index in [1.54, 1.807) is 6.07 Å². The molecule has 0 aromatic heterocycles. The summed E-state index contributed by atoms with van der Waals surface area (Å²) in [4.78, 5) is 11.1.